The highest BCUT2D eigenvalue weighted by atomic mass is 19.4. The molecule has 0 saturated heterocycles. The van der Waals surface area contributed by atoms with Crippen molar-refractivity contribution in [2.24, 2.45) is 0 Å². The standard InChI is InChI=1S/C24H17F3N8O/c1-13-4-5-15(34-23(36)18-9-14(6-8-28-18)24(25,26)27)10-17(13)35-21-16(3-2-7-29-21)19-20-22(32-11-30-19)33-12-31-20/h2-12H,1H3,(H,29,35)(H,34,36)(H,30,31,32,33). The van der Waals surface area contributed by atoms with Gasteiger partial charge in [-0.3, -0.25) is 9.78 Å². The van der Waals surface area contributed by atoms with Gasteiger partial charge in [-0.15, -0.1) is 0 Å². The van der Waals surface area contributed by atoms with Crippen LogP contribution in [-0.2, 0) is 6.18 Å². The number of H-pyrrole nitrogens is 1. The third-order valence-electron chi connectivity index (χ3n) is 5.35. The van der Waals surface area contributed by atoms with E-state index in [0.717, 1.165) is 17.8 Å². The summed E-state index contributed by atoms with van der Waals surface area (Å²) in [6, 6.07) is 10.2. The maximum Gasteiger partial charge on any atom is 0.416 e. The molecule has 4 heterocycles. The van der Waals surface area contributed by atoms with Crippen LogP contribution in [0.2, 0.25) is 0 Å². The van der Waals surface area contributed by atoms with Gasteiger partial charge in [-0.2, -0.15) is 13.2 Å². The molecule has 0 spiro atoms. The Labute approximate surface area is 201 Å². The summed E-state index contributed by atoms with van der Waals surface area (Å²) in [4.78, 5) is 36.5. The van der Waals surface area contributed by atoms with Crippen molar-refractivity contribution in [3.8, 4) is 11.3 Å². The number of nitrogens with one attached hydrogen (secondary N) is 3. The summed E-state index contributed by atoms with van der Waals surface area (Å²) in [5.41, 5.74) is 2.99. The molecule has 1 aromatic carbocycles. The number of benzene rings is 1. The molecule has 180 valence electrons. The number of hydrogen-bond donors (Lipinski definition) is 3. The number of aromatic nitrogens is 6. The highest BCUT2D eigenvalue weighted by Gasteiger charge is 2.31. The number of imidazole rings is 1. The van der Waals surface area contributed by atoms with E-state index in [4.69, 9.17) is 0 Å². The number of halogens is 3. The first-order valence-electron chi connectivity index (χ1n) is 10.6. The highest BCUT2D eigenvalue weighted by Crippen LogP contribution is 2.32. The molecule has 12 heteroatoms. The molecular weight excluding hydrogens is 473 g/mol. The second kappa shape index (κ2) is 9.06. The predicted octanol–water partition coefficient (Wildman–Crippen LogP) is 5.13. The Kier molecular flexibility index (Phi) is 5.76. The predicted molar refractivity (Wildman–Crippen MR) is 127 cm³/mol. The van der Waals surface area contributed by atoms with Gasteiger partial charge in [0.1, 0.15) is 29.0 Å². The second-order valence-electron chi connectivity index (χ2n) is 7.76. The van der Waals surface area contributed by atoms with Crippen molar-refractivity contribution < 1.29 is 18.0 Å². The number of amides is 1. The van der Waals surface area contributed by atoms with Crippen LogP contribution in [0.15, 0.2) is 67.5 Å². The number of aryl methyl sites for hydroxylation is 1. The first kappa shape index (κ1) is 22.9. The van der Waals surface area contributed by atoms with E-state index in [9.17, 15) is 18.0 Å². The molecule has 0 atom stereocenters. The number of hydrogen-bond acceptors (Lipinski definition) is 7. The van der Waals surface area contributed by atoms with Crippen LogP contribution in [0.5, 0.6) is 0 Å². The van der Waals surface area contributed by atoms with Gasteiger partial charge in [0.05, 0.1) is 11.9 Å². The molecule has 0 bridgehead atoms. The largest absolute Gasteiger partial charge is 0.416 e. The maximum absolute atomic E-state index is 13.0. The van der Waals surface area contributed by atoms with E-state index in [1.165, 1.54) is 12.7 Å². The molecule has 0 fully saturated rings. The first-order chi connectivity index (χ1) is 17.3. The summed E-state index contributed by atoms with van der Waals surface area (Å²) in [5.74, 6) is -0.268. The average molecular weight is 490 g/mol. The quantitative estimate of drug-likeness (QED) is 0.312. The lowest BCUT2D eigenvalue weighted by atomic mass is 10.1. The van der Waals surface area contributed by atoms with E-state index >= 15 is 0 Å². The third-order valence-corrected chi connectivity index (χ3v) is 5.35. The second-order valence-corrected chi connectivity index (χ2v) is 7.76. The van der Waals surface area contributed by atoms with Gasteiger partial charge < -0.3 is 15.6 Å². The summed E-state index contributed by atoms with van der Waals surface area (Å²) in [7, 11) is 0. The topological polar surface area (TPSA) is 121 Å². The zero-order valence-electron chi connectivity index (χ0n) is 18.6. The van der Waals surface area contributed by atoms with Crippen LogP contribution in [0, 0.1) is 6.92 Å². The van der Waals surface area contributed by atoms with Crippen molar-refractivity contribution in [3.63, 3.8) is 0 Å². The van der Waals surface area contributed by atoms with Gasteiger partial charge in [-0.1, -0.05) is 6.07 Å². The van der Waals surface area contributed by atoms with Crippen LogP contribution in [0.1, 0.15) is 21.6 Å². The molecule has 0 saturated carbocycles. The SMILES string of the molecule is Cc1ccc(NC(=O)c2cc(C(F)(F)F)ccn2)cc1Nc1ncccc1-c1ncnc2nc[nH]c12. The normalized spacial score (nSPS) is 11.4. The van der Waals surface area contributed by atoms with E-state index in [-0.39, 0.29) is 5.69 Å². The number of carbonyl (C=O) groups is 1. The molecule has 36 heavy (non-hydrogen) atoms. The van der Waals surface area contributed by atoms with Gasteiger partial charge in [-0.25, -0.2) is 19.9 Å². The molecule has 0 aliphatic rings. The zero-order valence-corrected chi connectivity index (χ0v) is 18.6. The fourth-order valence-electron chi connectivity index (χ4n) is 3.55. The Hall–Kier alpha value is -4.87. The number of aromatic amines is 1. The Morgan fingerprint density at radius 1 is 0.972 bits per heavy atom. The van der Waals surface area contributed by atoms with Crippen molar-refractivity contribution >= 4 is 34.3 Å². The minimum atomic E-state index is -4.58. The number of pyridine rings is 2. The summed E-state index contributed by atoms with van der Waals surface area (Å²) >= 11 is 0. The molecule has 0 unspecified atom stereocenters. The van der Waals surface area contributed by atoms with E-state index in [2.05, 4.69) is 40.5 Å². The van der Waals surface area contributed by atoms with Gasteiger partial charge >= 0.3 is 6.18 Å². The lowest BCUT2D eigenvalue weighted by molar-refractivity contribution is -0.137. The van der Waals surface area contributed by atoms with E-state index in [1.54, 1.807) is 30.5 Å². The summed E-state index contributed by atoms with van der Waals surface area (Å²) in [6.45, 7) is 1.86. The number of fused-ring (bicyclic) bond motifs is 1. The average Bonchev–Trinajstić information content (AvgIpc) is 3.35. The minimum Gasteiger partial charge on any atom is -0.341 e. The van der Waals surface area contributed by atoms with Crippen molar-refractivity contribution in [2.45, 2.75) is 13.1 Å². The zero-order chi connectivity index (χ0) is 25.3. The number of rotatable bonds is 5. The summed E-state index contributed by atoms with van der Waals surface area (Å²) < 4.78 is 39.0. The molecule has 5 aromatic rings. The molecule has 0 aliphatic carbocycles. The molecule has 1 amide bonds. The molecule has 0 radical (unpaired) electrons. The van der Waals surface area contributed by atoms with Gasteiger partial charge in [-0.05, 0) is 48.9 Å². The third kappa shape index (κ3) is 4.56. The van der Waals surface area contributed by atoms with Crippen molar-refractivity contribution in [1.29, 1.82) is 0 Å². The summed E-state index contributed by atoms with van der Waals surface area (Å²) in [6.07, 6.45) is 0.939. The smallest absolute Gasteiger partial charge is 0.341 e. The van der Waals surface area contributed by atoms with E-state index in [0.29, 0.717) is 45.7 Å². The Morgan fingerprint density at radius 3 is 2.67 bits per heavy atom. The molecule has 9 nitrogen and oxygen atoms in total. The van der Waals surface area contributed by atoms with Crippen molar-refractivity contribution in [3.05, 3.63) is 84.3 Å². The fraction of sp³-hybridized carbons (Fsp3) is 0.0833. The fourth-order valence-corrected chi connectivity index (χ4v) is 3.55. The van der Waals surface area contributed by atoms with Crippen LogP contribution < -0.4 is 10.6 Å². The van der Waals surface area contributed by atoms with Crippen LogP contribution >= 0.6 is 0 Å². The lowest BCUT2D eigenvalue weighted by Gasteiger charge is -2.14. The number of nitrogens with zero attached hydrogens (tertiary/aromatic N) is 5. The van der Waals surface area contributed by atoms with Gasteiger partial charge in [0.25, 0.3) is 5.91 Å². The van der Waals surface area contributed by atoms with Crippen molar-refractivity contribution in [2.75, 3.05) is 10.6 Å². The Balaban J connectivity index is 1.43. The molecule has 3 N–H and O–H groups in total. The number of carbonyl (C=O) groups excluding carboxylic acids is 1. The molecule has 0 aliphatic heterocycles. The van der Waals surface area contributed by atoms with Gasteiger partial charge in [0.15, 0.2) is 5.65 Å². The van der Waals surface area contributed by atoms with Crippen LogP contribution in [0.25, 0.3) is 22.4 Å². The summed E-state index contributed by atoms with van der Waals surface area (Å²) in [5, 5.41) is 5.85. The van der Waals surface area contributed by atoms with Crippen molar-refractivity contribution in [1.82, 2.24) is 29.9 Å². The number of alkyl halides is 3. The molecule has 4 aromatic heterocycles. The molecule has 5 rings (SSSR count). The number of anilines is 3. The van der Waals surface area contributed by atoms with Crippen LogP contribution in [0.3, 0.4) is 0 Å². The minimum absolute atomic E-state index is 0.348. The maximum atomic E-state index is 13.0. The molecular formula is C24H17F3N8O. The van der Waals surface area contributed by atoms with E-state index < -0.39 is 17.6 Å². The van der Waals surface area contributed by atoms with Gasteiger partial charge in [0.2, 0.25) is 0 Å². The Morgan fingerprint density at radius 2 is 1.83 bits per heavy atom. The van der Waals surface area contributed by atoms with Gasteiger partial charge in [0, 0.05) is 29.3 Å². The van der Waals surface area contributed by atoms with E-state index in [1.807, 2.05) is 13.0 Å². The monoisotopic (exact) mass is 490 g/mol. The van der Waals surface area contributed by atoms with Crippen LogP contribution in [0.4, 0.5) is 30.4 Å². The van der Waals surface area contributed by atoms with Crippen LogP contribution in [-0.4, -0.2) is 35.8 Å². The Bertz CT molecular complexity index is 1580. The lowest BCUT2D eigenvalue weighted by Crippen LogP contribution is -2.15. The highest BCUT2D eigenvalue weighted by molar-refractivity contribution is 6.03. The first-order valence-corrected chi connectivity index (χ1v) is 10.6.